The Labute approximate surface area is 58.7 Å². The van der Waals surface area contributed by atoms with E-state index in [1.807, 2.05) is 0 Å². The van der Waals surface area contributed by atoms with Crippen molar-refractivity contribution in [2.75, 3.05) is 13.2 Å². The number of isothiocyanates is 1. The van der Waals surface area contributed by atoms with Gasteiger partial charge in [-0.2, -0.15) is 0 Å². The molecule has 0 spiro atoms. The summed E-state index contributed by atoms with van der Waals surface area (Å²) in [5.41, 5.74) is 0. The third kappa shape index (κ3) is 5.14. The number of carbonyl (C=O) groups excluding carboxylic acids is 1. The Hall–Kier alpha value is -0.730. The second-order valence-corrected chi connectivity index (χ2v) is 1.40. The van der Waals surface area contributed by atoms with Crippen LogP contribution in [0.2, 0.25) is 0 Å². The summed E-state index contributed by atoms with van der Waals surface area (Å²) in [5, 5.41) is 2.06. The highest BCUT2D eigenvalue weighted by atomic mass is 32.1. The Bertz CT molecular complexity index is 140. The molecule has 0 atom stereocenters. The van der Waals surface area contributed by atoms with Crippen LogP contribution < -0.4 is 0 Å². The molecule has 0 amide bonds. The number of thiocarbonyl (C=S) groups is 1. The molecule has 0 aromatic heterocycles. The standard InChI is InChI=1S/C5H7NO2S/c1-2-8-5(7)3-6-4-9/h2-3H2,1H3/i6+1. The first-order valence-corrected chi connectivity index (χ1v) is 2.91. The first kappa shape index (κ1) is 8.27. The highest BCUT2D eigenvalue weighted by Gasteiger charge is 1.95. The van der Waals surface area contributed by atoms with Crippen LogP contribution in [0.5, 0.6) is 0 Å². The monoisotopic (exact) mass is 146 g/mol. The maximum absolute atomic E-state index is 10.4. The third-order valence-electron chi connectivity index (χ3n) is 0.578. The number of rotatable bonds is 3. The molecule has 0 rings (SSSR count). The minimum Gasteiger partial charge on any atom is -0.465 e. The van der Waals surface area contributed by atoms with Crippen molar-refractivity contribution in [2.24, 2.45) is 4.99 Å². The average molecular weight is 146 g/mol. The lowest BCUT2D eigenvalue weighted by Gasteiger charge is -1.93. The van der Waals surface area contributed by atoms with Gasteiger partial charge in [-0.3, -0.25) is 4.79 Å². The number of aliphatic imine (C=N–C) groups is 1. The molecule has 0 aliphatic rings. The molecule has 3 nitrogen and oxygen atoms in total. The Morgan fingerprint density at radius 1 is 1.89 bits per heavy atom. The number of ether oxygens (including phenoxy) is 1. The van der Waals surface area contributed by atoms with E-state index in [9.17, 15) is 4.79 Å². The van der Waals surface area contributed by atoms with Crippen molar-refractivity contribution in [1.82, 2.24) is 0 Å². The van der Waals surface area contributed by atoms with Crippen LogP contribution in [0.25, 0.3) is 0 Å². The molecule has 0 saturated carbocycles. The zero-order valence-corrected chi connectivity index (χ0v) is 5.90. The zero-order valence-electron chi connectivity index (χ0n) is 5.09. The molecule has 50 valence electrons. The predicted octanol–water partition coefficient (Wildman–Crippen LogP) is 0.652. The fourth-order valence-electron chi connectivity index (χ4n) is 0.303. The smallest absolute Gasteiger partial charge is 0.328 e. The van der Waals surface area contributed by atoms with Crippen LogP contribution in [0.4, 0.5) is 0 Å². The summed E-state index contributed by atoms with van der Waals surface area (Å²) in [6, 6.07) is 0. The number of esters is 1. The summed E-state index contributed by atoms with van der Waals surface area (Å²) in [4.78, 5) is 13.8. The van der Waals surface area contributed by atoms with Gasteiger partial charge in [-0.25, -0.2) is 4.99 Å². The van der Waals surface area contributed by atoms with E-state index in [2.05, 4.69) is 27.1 Å². The van der Waals surface area contributed by atoms with Gasteiger partial charge in [-0.05, 0) is 19.1 Å². The Balaban J connectivity index is 3.38. The van der Waals surface area contributed by atoms with Crippen LogP contribution in [0.15, 0.2) is 4.99 Å². The van der Waals surface area contributed by atoms with Gasteiger partial charge in [0.15, 0.2) is 0 Å². The van der Waals surface area contributed by atoms with Crippen LogP contribution in [-0.2, 0) is 9.53 Å². The quantitative estimate of drug-likeness (QED) is 0.254. The maximum atomic E-state index is 10.4. The number of carbonyl (C=O) groups is 1. The minimum atomic E-state index is -0.366. The van der Waals surface area contributed by atoms with E-state index in [1.54, 1.807) is 6.92 Å². The summed E-state index contributed by atoms with van der Waals surface area (Å²) in [5.74, 6) is -0.366. The van der Waals surface area contributed by atoms with Crippen molar-refractivity contribution >= 4 is 23.3 Å². The van der Waals surface area contributed by atoms with Gasteiger partial charge in [0.25, 0.3) is 0 Å². The van der Waals surface area contributed by atoms with Crippen molar-refractivity contribution in [3.8, 4) is 0 Å². The molecule has 0 unspecified atom stereocenters. The normalized spacial score (nSPS) is 7.67. The maximum Gasteiger partial charge on any atom is 0.328 e. The molecule has 0 saturated heterocycles. The number of hydrogen-bond acceptors (Lipinski definition) is 4. The van der Waals surface area contributed by atoms with Crippen LogP contribution in [0, 0.1) is 0 Å². The van der Waals surface area contributed by atoms with Crippen LogP contribution in [0.1, 0.15) is 6.92 Å². The second kappa shape index (κ2) is 5.41. The van der Waals surface area contributed by atoms with E-state index in [4.69, 9.17) is 0 Å². The van der Waals surface area contributed by atoms with E-state index in [0.29, 0.717) is 6.61 Å². The fraction of sp³-hybridized carbons (Fsp3) is 0.600. The third-order valence-corrected chi connectivity index (χ3v) is 0.707. The topological polar surface area (TPSA) is 38.7 Å². The number of hydrogen-bond donors (Lipinski definition) is 0. The molecule has 0 radical (unpaired) electrons. The van der Waals surface area contributed by atoms with Crippen molar-refractivity contribution < 1.29 is 9.53 Å². The first-order valence-electron chi connectivity index (χ1n) is 2.50. The highest BCUT2D eigenvalue weighted by molar-refractivity contribution is 7.78. The lowest BCUT2D eigenvalue weighted by atomic mass is 10.7. The summed E-state index contributed by atoms with van der Waals surface area (Å²) >= 11 is 4.23. The van der Waals surface area contributed by atoms with Gasteiger partial charge >= 0.3 is 5.97 Å². The Kier molecular flexibility index (Phi) is 4.97. The largest absolute Gasteiger partial charge is 0.465 e. The van der Waals surface area contributed by atoms with Gasteiger partial charge in [-0.15, -0.1) is 0 Å². The summed E-state index contributed by atoms with van der Waals surface area (Å²) in [6.07, 6.45) is 0. The predicted molar refractivity (Wildman–Crippen MR) is 36.5 cm³/mol. The van der Waals surface area contributed by atoms with Crippen molar-refractivity contribution in [3.63, 3.8) is 0 Å². The highest BCUT2D eigenvalue weighted by Crippen LogP contribution is 1.76. The van der Waals surface area contributed by atoms with Gasteiger partial charge < -0.3 is 4.74 Å². The minimum absolute atomic E-state index is 0.0165. The van der Waals surface area contributed by atoms with Crippen LogP contribution >= 0.6 is 12.2 Å². The Morgan fingerprint density at radius 3 is 3.00 bits per heavy atom. The van der Waals surface area contributed by atoms with Crippen molar-refractivity contribution in [2.45, 2.75) is 6.92 Å². The molecule has 9 heavy (non-hydrogen) atoms. The van der Waals surface area contributed by atoms with Gasteiger partial charge in [0.1, 0.15) is 6.54 Å². The second-order valence-electron chi connectivity index (χ2n) is 1.21. The lowest BCUT2D eigenvalue weighted by molar-refractivity contribution is -0.141. The zero-order chi connectivity index (χ0) is 7.11. The van der Waals surface area contributed by atoms with Crippen molar-refractivity contribution in [3.05, 3.63) is 0 Å². The van der Waals surface area contributed by atoms with E-state index < -0.39 is 0 Å². The van der Waals surface area contributed by atoms with E-state index in [-0.39, 0.29) is 12.5 Å². The van der Waals surface area contributed by atoms with Crippen LogP contribution in [0.3, 0.4) is 0 Å². The fourth-order valence-corrected chi connectivity index (χ4v) is 0.368. The molecule has 0 aliphatic heterocycles. The molecule has 0 heterocycles. The number of nitrogens with zero attached hydrogens (tertiary/aromatic N) is 1. The molecule has 0 N–H and O–H groups in total. The summed E-state index contributed by atoms with van der Waals surface area (Å²) < 4.78 is 4.52. The molecule has 0 aromatic rings. The van der Waals surface area contributed by atoms with Crippen LogP contribution in [-0.4, -0.2) is 24.3 Å². The SMILES string of the molecule is CCOC(=O)C[15N]=C=S. The van der Waals surface area contributed by atoms with E-state index in [1.165, 1.54) is 0 Å². The lowest BCUT2D eigenvalue weighted by Crippen LogP contribution is -2.06. The molecule has 0 aromatic carbocycles. The van der Waals surface area contributed by atoms with Crippen molar-refractivity contribution in [1.29, 1.82) is 0 Å². The summed E-state index contributed by atoms with van der Waals surface area (Å²) in [6.45, 7) is 2.10. The Morgan fingerprint density at radius 2 is 2.56 bits per heavy atom. The summed E-state index contributed by atoms with van der Waals surface area (Å²) in [7, 11) is 0. The molecule has 4 heteroatoms. The molecule has 0 bridgehead atoms. The van der Waals surface area contributed by atoms with E-state index >= 15 is 0 Å². The average Bonchev–Trinajstić information content (AvgIpc) is 1.85. The van der Waals surface area contributed by atoms with E-state index in [0.717, 1.165) is 0 Å². The molecular formula is C5H7NO2S. The first-order chi connectivity index (χ1) is 4.31. The molecular weight excluding hydrogens is 139 g/mol. The van der Waals surface area contributed by atoms with Gasteiger partial charge in [-0.1, -0.05) is 0 Å². The van der Waals surface area contributed by atoms with Gasteiger partial charge in [0.05, 0.1) is 11.8 Å². The van der Waals surface area contributed by atoms with Gasteiger partial charge in [0, 0.05) is 0 Å². The molecule has 0 fully saturated rings. The molecule has 0 aliphatic carbocycles. The van der Waals surface area contributed by atoms with Gasteiger partial charge in [0.2, 0.25) is 0 Å².